The Morgan fingerprint density at radius 2 is 2.43 bits per heavy atom. The molecule has 0 aliphatic carbocycles. The van der Waals surface area contributed by atoms with E-state index in [1.54, 1.807) is 12.1 Å². The van der Waals surface area contributed by atoms with Gasteiger partial charge in [0, 0.05) is 13.0 Å². The zero-order chi connectivity index (χ0) is 10.4. The summed E-state index contributed by atoms with van der Waals surface area (Å²) in [5.41, 5.74) is 0. The number of hydrogen-bond acceptors (Lipinski definition) is 2. The van der Waals surface area contributed by atoms with Crippen LogP contribution in [0.2, 0.25) is 4.34 Å². The Morgan fingerprint density at radius 1 is 1.64 bits per heavy atom. The van der Waals surface area contributed by atoms with Crippen LogP contribution in [0.1, 0.15) is 22.5 Å². The maximum atomic E-state index is 11.4. The van der Waals surface area contributed by atoms with Crippen molar-refractivity contribution >= 4 is 28.8 Å². The van der Waals surface area contributed by atoms with E-state index in [0.717, 1.165) is 6.42 Å². The highest BCUT2D eigenvalue weighted by molar-refractivity contribution is 7.17. The van der Waals surface area contributed by atoms with E-state index >= 15 is 0 Å². The lowest BCUT2D eigenvalue weighted by molar-refractivity contribution is 0.0957. The minimum atomic E-state index is -0.0843. The van der Waals surface area contributed by atoms with Gasteiger partial charge in [-0.25, -0.2) is 0 Å². The van der Waals surface area contributed by atoms with Crippen molar-refractivity contribution in [2.45, 2.75) is 12.8 Å². The smallest absolute Gasteiger partial charge is 0.261 e. The number of carbonyl (C=O) groups excluding carboxylic acids is 1. The van der Waals surface area contributed by atoms with Crippen molar-refractivity contribution < 1.29 is 4.79 Å². The van der Waals surface area contributed by atoms with E-state index in [0.29, 0.717) is 22.2 Å². The zero-order valence-corrected chi connectivity index (χ0v) is 9.12. The van der Waals surface area contributed by atoms with Gasteiger partial charge in [-0.3, -0.25) is 4.79 Å². The first-order valence-electron chi connectivity index (χ1n) is 4.21. The number of carbonyl (C=O) groups is 1. The first kappa shape index (κ1) is 11.1. The van der Waals surface area contributed by atoms with E-state index in [-0.39, 0.29) is 5.91 Å². The number of unbranched alkanes of at least 4 members (excludes halogenated alkanes) is 1. The molecule has 74 valence electrons. The predicted octanol–water partition coefficient (Wildman–Crippen LogP) is 2.54. The molecule has 1 heterocycles. The number of thiophene rings is 1. The van der Waals surface area contributed by atoms with Crippen LogP contribution in [0.4, 0.5) is 0 Å². The van der Waals surface area contributed by atoms with Gasteiger partial charge in [0.05, 0.1) is 9.21 Å². The van der Waals surface area contributed by atoms with E-state index < -0.39 is 0 Å². The second kappa shape index (κ2) is 5.69. The van der Waals surface area contributed by atoms with Crippen LogP contribution in [0.5, 0.6) is 0 Å². The fourth-order valence-electron chi connectivity index (χ4n) is 0.916. The van der Waals surface area contributed by atoms with Crippen molar-refractivity contribution in [2.75, 3.05) is 6.54 Å². The molecule has 0 bridgehead atoms. The lowest BCUT2D eigenvalue weighted by Gasteiger charge is -2.00. The maximum Gasteiger partial charge on any atom is 0.261 e. The molecular formula is C10H10ClNOS. The minimum absolute atomic E-state index is 0.0843. The second-order valence-corrected chi connectivity index (χ2v) is 4.38. The number of terminal acetylenes is 1. The molecule has 0 spiro atoms. The molecule has 14 heavy (non-hydrogen) atoms. The summed E-state index contributed by atoms with van der Waals surface area (Å²) in [7, 11) is 0. The third-order valence-electron chi connectivity index (χ3n) is 1.58. The van der Waals surface area contributed by atoms with E-state index in [1.165, 1.54) is 11.3 Å². The van der Waals surface area contributed by atoms with Gasteiger partial charge < -0.3 is 5.32 Å². The molecule has 0 atom stereocenters. The lowest BCUT2D eigenvalue weighted by Crippen LogP contribution is -2.23. The SMILES string of the molecule is C#CCCCNC(=O)c1ccc(Cl)s1. The molecule has 2 nitrogen and oxygen atoms in total. The average Bonchev–Trinajstić information content (AvgIpc) is 2.59. The molecule has 1 rings (SSSR count). The van der Waals surface area contributed by atoms with Crippen LogP contribution >= 0.6 is 22.9 Å². The predicted molar refractivity (Wildman–Crippen MR) is 59.7 cm³/mol. The number of hydrogen-bond donors (Lipinski definition) is 1. The second-order valence-electron chi connectivity index (χ2n) is 2.67. The van der Waals surface area contributed by atoms with Crippen LogP contribution in [-0.4, -0.2) is 12.5 Å². The van der Waals surface area contributed by atoms with E-state index in [2.05, 4.69) is 11.2 Å². The average molecular weight is 228 g/mol. The van der Waals surface area contributed by atoms with Crippen molar-refractivity contribution in [1.82, 2.24) is 5.32 Å². The quantitative estimate of drug-likeness (QED) is 0.622. The molecule has 0 unspecified atom stereocenters. The van der Waals surface area contributed by atoms with Crippen molar-refractivity contribution in [1.29, 1.82) is 0 Å². The van der Waals surface area contributed by atoms with Crippen molar-refractivity contribution in [3.63, 3.8) is 0 Å². The third kappa shape index (κ3) is 3.41. The largest absolute Gasteiger partial charge is 0.351 e. The molecule has 0 radical (unpaired) electrons. The Bertz CT molecular complexity index is 353. The monoisotopic (exact) mass is 227 g/mol. The minimum Gasteiger partial charge on any atom is -0.351 e. The van der Waals surface area contributed by atoms with Crippen LogP contribution in [0, 0.1) is 12.3 Å². The standard InChI is InChI=1S/C10H10ClNOS/c1-2-3-4-7-12-10(13)8-5-6-9(11)14-8/h1,5-6H,3-4,7H2,(H,12,13). The maximum absolute atomic E-state index is 11.4. The van der Waals surface area contributed by atoms with Gasteiger partial charge in [-0.1, -0.05) is 11.6 Å². The Morgan fingerprint density at radius 3 is 3.00 bits per heavy atom. The molecule has 4 heteroatoms. The summed E-state index contributed by atoms with van der Waals surface area (Å²) >= 11 is 6.97. The number of halogens is 1. The highest BCUT2D eigenvalue weighted by atomic mass is 35.5. The summed E-state index contributed by atoms with van der Waals surface area (Å²) < 4.78 is 0.624. The van der Waals surface area contributed by atoms with Gasteiger partial charge in [0.1, 0.15) is 0 Å². The third-order valence-corrected chi connectivity index (χ3v) is 2.81. The molecule has 1 aromatic heterocycles. The zero-order valence-electron chi connectivity index (χ0n) is 7.55. The van der Waals surface area contributed by atoms with Crippen LogP contribution in [0.15, 0.2) is 12.1 Å². The molecule has 0 saturated heterocycles. The van der Waals surface area contributed by atoms with Gasteiger partial charge in [0.25, 0.3) is 5.91 Å². The Labute approximate surface area is 92.3 Å². The molecule has 0 aromatic carbocycles. The van der Waals surface area contributed by atoms with Crippen LogP contribution in [-0.2, 0) is 0 Å². The summed E-state index contributed by atoms with van der Waals surface area (Å²) in [5, 5.41) is 2.76. The normalized spacial score (nSPS) is 9.43. The first-order valence-corrected chi connectivity index (χ1v) is 5.40. The highest BCUT2D eigenvalue weighted by Crippen LogP contribution is 2.20. The number of nitrogens with one attached hydrogen (secondary N) is 1. The van der Waals surface area contributed by atoms with Gasteiger partial charge in [-0.2, -0.15) is 0 Å². The van der Waals surface area contributed by atoms with E-state index in [1.807, 2.05) is 0 Å². The molecule has 0 aliphatic rings. The summed E-state index contributed by atoms with van der Waals surface area (Å²) in [6, 6.07) is 3.42. The van der Waals surface area contributed by atoms with Crippen molar-refractivity contribution in [3.05, 3.63) is 21.3 Å². The molecule has 1 aromatic rings. The number of rotatable bonds is 4. The summed E-state index contributed by atoms with van der Waals surface area (Å²) in [6.45, 7) is 0.610. The van der Waals surface area contributed by atoms with Crippen LogP contribution < -0.4 is 5.32 Å². The van der Waals surface area contributed by atoms with Gasteiger partial charge in [-0.15, -0.1) is 23.7 Å². The molecule has 0 fully saturated rings. The Balaban J connectivity index is 2.33. The molecule has 0 saturated carbocycles. The first-order chi connectivity index (χ1) is 6.74. The molecule has 1 amide bonds. The van der Waals surface area contributed by atoms with Crippen LogP contribution in [0.25, 0.3) is 0 Å². The molecule has 0 aliphatic heterocycles. The van der Waals surface area contributed by atoms with Gasteiger partial charge in [0.2, 0.25) is 0 Å². The van der Waals surface area contributed by atoms with Gasteiger partial charge in [0.15, 0.2) is 0 Å². The van der Waals surface area contributed by atoms with E-state index in [4.69, 9.17) is 18.0 Å². The van der Waals surface area contributed by atoms with Crippen LogP contribution in [0.3, 0.4) is 0 Å². The Kier molecular flexibility index (Phi) is 4.51. The topological polar surface area (TPSA) is 29.1 Å². The molecular weight excluding hydrogens is 218 g/mol. The fourth-order valence-corrected chi connectivity index (χ4v) is 1.88. The summed E-state index contributed by atoms with van der Waals surface area (Å²) in [5.74, 6) is 2.43. The summed E-state index contributed by atoms with van der Waals surface area (Å²) in [4.78, 5) is 12.0. The molecule has 1 N–H and O–H groups in total. The van der Waals surface area contributed by atoms with Crippen molar-refractivity contribution in [2.24, 2.45) is 0 Å². The van der Waals surface area contributed by atoms with Gasteiger partial charge >= 0.3 is 0 Å². The summed E-state index contributed by atoms with van der Waals surface area (Å²) in [6.07, 6.45) is 6.57. The lowest BCUT2D eigenvalue weighted by atomic mass is 10.3. The van der Waals surface area contributed by atoms with Gasteiger partial charge in [-0.05, 0) is 18.6 Å². The van der Waals surface area contributed by atoms with E-state index in [9.17, 15) is 4.79 Å². The highest BCUT2D eigenvalue weighted by Gasteiger charge is 2.06. The fraction of sp³-hybridized carbons (Fsp3) is 0.300. The van der Waals surface area contributed by atoms with Crippen molar-refractivity contribution in [3.8, 4) is 12.3 Å². The number of amides is 1. The Hall–Kier alpha value is -0.980.